The van der Waals surface area contributed by atoms with Gasteiger partial charge in [-0.05, 0) is 32.0 Å². The summed E-state index contributed by atoms with van der Waals surface area (Å²) in [4.78, 5) is 4.37. The molecule has 1 aromatic carbocycles. The molecule has 1 aliphatic carbocycles. The van der Waals surface area contributed by atoms with Crippen LogP contribution in [0, 0.1) is 33.5 Å². The van der Waals surface area contributed by atoms with Gasteiger partial charge in [0.1, 0.15) is 17.3 Å². The number of nitrogens with zero attached hydrogens (tertiary/aromatic N) is 3. The molecule has 2 N–H and O–H groups in total. The molecule has 148 valence electrons. The van der Waals surface area contributed by atoms with E-state index in [1.165, 1.54) is 7.11 Å². The maximum atomic E-state index is 10.4. The van der Waals surface area contributed by atoms with E-state index < -0.39 is 22.2 Å². The maximum Gasteiger partial charge on any atom is 0.293 e. The molecule has 3 rings (SSSR count). The van der Waals surface area contributed by atoms with Crippen molar-refractivity contribution in [2.75, 3.05) is 27.4 Å². The summed E-state index contributed by atoms with van der Waals surface area (Å²) >= 11 is 0. The molecular formula is C20H24N4O4. The summed E-state index contributed by atoms with van der Waals surface area (Å²) in [7, 11) is 3.07. The van der Waals surface area contributed by atoms with Crippen LogP contribution < -0.4 is 15.2 Å². The van der Waals surface area contributed by atoms with Gasteiger partial charge >= 0.3 is 0 Å². The summed E-state index contributed by atoms with van der Waals surface area (Å²) in [5.41, 5.74) is 2.87. The van der Waals surface area contributed by atoms with Crippen molar-refractivity contribution in [3.05, 3.63) is 23.8 Å². The number of rotatable bonds is 7. The zero-order valence-corrected chi connectivity index (χ0v) is 16.7. The number of hydrogen-bond donors (Lipinski definition) is 1. The Balaban J connectivity index is 2.37. The van der Waals surface area contributed by atoms with E-state index in [9.17, 15) is 10.5 Å². The molecule has 1 aromatic rings. The smallest absolute Gasteiger partial charge is 0.293 e. The number of nitrogens with two attached hydrogens (primary N) is 1. The molecule has 8 nitrogen and oxygen atoms in total. The lowest BCUT2D eigenvalue weighted by atomic mass is 9.83. The first-order chi connectivity index (χ1) is 13.4. The van der Waals surface area contributed by atoms with E-state index in [4.69, 9.17) is 24.7 Å². The zero-order valence-electron chi connectivity index (χ0n) is 16.7. The highest BCUT2D eigenvalue weighted by Gasteiger charge is 3.00. The molecule has 0 saturated heterocycles. The molecule has 1 aliphatic heterocycles. The van der Waals surface area contributed by atoms with Gasteiger partial charge in [0.25, 0.3) is 5.91 Å². The monoisotopic (exact) mass is 384 g/mol. The normalized spacial score (nSPS) is 31.9. The zero-order chi connectivity index (χ0) is 20.8. The van der Waals surface area contributed by atoms with Crippen molar-refractivity contribution in [2.24, 2.45) is 21.6 Å². The highest BCUT2D eigenvalue weighted by Crippen LogP contribution is 2.85. The predicted molar refractivity (Wildman–Crippen MR) is 101 cm³/mol. The third kappa shape index (κ3) is 1.82. The van der Waals surface area contributed by atoms with Crippen LogP contribution >= 0.6 is 0 Å². The molecule has 0 spiro atoms. The number of methoxy groups -OCH3 is 2. The summed E-state index contributed by atoms with van der Waals surface area (Å²) in [6.45, 7) is 5.80. The fourth-order valence-electron chi connectivity index (χ4n) is 4.89. The minimum absolute atomic E-state index is 0.0193. The van der Waals surface area contributed by atoms with Gasteiger partial charge in [-0.3, -0.25) is 0 Å². The van der Waals surface area contributed by atoms with Gasteiger partial charge in [0.15, 0.2) is 10.8 Å². The Morgan fingerprint density at radius 2 is 1.71 bits per heavy atom. The van der Waals surface area contributed by atoms with Crippen molar-refractivity contribution >= 4 is 5.84 Å². The number of hydrogen-bond acceptors (Lipinski definition) is 8. The molecule has 28 heavy (non-hydrogen) atoms. The van der Waals surface area contributed by atoms with E-state index >= 15 is 0 Å². The Bertz CT molecular complexity index is 912. The second-order valence-corrected chi connectivity index (χ2v) is 6.86. The number of nitriles is 2. The Morgan fingerprint density at radius 1 is 1.07 bits per heavy atom. The largest absolute Gasteiger partial charge is 0.497 e. The van der Waals surface area contributed by atoms with Gasteiger partial charge in [0.2, 0.25) is 0 Å². The van der Waals surface area contributed by atoms with Crippen molar-refractivity contribution in [1.29, 1.82) is 10.5 Å². The maximum absolute atomic E-state index is 10.4. The van der Waals surface area contributed by atoms with Crippen LogP contribution in [0.5, 0.6) is 11.5 Å². The number of ether oxygens (including phenoxy) is 4. The molecule has 1 heterocycles. The van der Waals surface area contributed by atoms with Crippen LogP contribution in [0.2, 0.25) is 0 Å². The molecule has 0 bridgehead atoms. The minimum atomic E-state index is -1.69. The Kier molecular flexibility index (Phi) is 4.54. The van der Waals surface area contributed by atoms with Gasteiger partial charge in [-0.2, -0.15) is 10.5 Å². The quantitative estimate of drug-likeness (QED) is 0.714. The molecule has 0 radical (unpaired) electrons. The lowest BCUT2D eigenvalue weighted by Crippen LogP contribution is -2.46. The highest BCUT2D eigenvalue weighted by atomic mass is 16.7. The first-order valence-electron chi connectivity index (χ1n) is 9.05. The van der Waals surface area contributed by atoms with E-state index in [-0.39, 0.29) is 19.0 Å². The predicted octanol–water partition coefficient (Wildman–Crippen LogP) is 2.09. The van der Waals surface area contributed by atoms with E-state index in [1.54, 1.807) is 46.1 Å². The van der Waals surface area contributed by atoms with Crippen LogP contribution in [0.1, 0.15) is 26.3 Å². The number of amidine groups is 1. The van der Waals surface area contributed by atoms with Crippen LogP contribution in [-0.2, 0) is 14.9 Å². The summed E-state index contributed by atoms with van der Waals surface area (Å²) in [5, 5.41) is 20.6. The molecule has 3 atom stereocenters. The average molecular weight is 384 g/mol. The van der Waals surface area contributed by atoms with Gasteiger partial charge in [0, 0.05) is 18.8 Å². The van der Waals surface area contributed by atoms with E-state index in [0.29, 0.717) is 17.1 Å². The third-order valence-electron chi connectivity index (χ3n) is 6.09. The fourth-order valence-corrected chi connectivity index (χ4v) is 4.89. The SMILES string of the molecule is CCOC1(OCC)N=C(N)[C@@]2(C#N)[C@@](C)(c3cc(OC)ccc3OC)[C@@]12C#N. The van der Waals surface area contributed by atoms with Crippen molar-refractivity contribution in [3.8, 4) is 23.6 Å². The van der Waals surface area contributed by atoms with E-state index in [1.807, 2.05) is 0 Å². The molecular weight excluding hydrogens is 360 g/mol. The van der Waals surface area contributed by atoms with Gasteiger partial charge < -0.3 is 24.7 Å². The fraction of sp³-hybridized carbons (Fsp3) is 0.550. The van der Waals surface area contributed by atoms with Gasteiger partial charge in [-0.1, -0.05) is 6.92 Å². The van der Waals surface area contributed by atoms with Crippen molar-refractivity contribution in [2.45, 2.75) is 32.1 Å². The molecule has 0 aromatic heterocycles. The molecule has 2 aliphatic rings. The van der Waals surface area contributed by atoms with Crippen LogP contribution in [0.25, 0.3) is 0 Å². The molecule has 8 heteroatoms. The third-order valence-corrected chi connectivity index (χ3v) is 6.09. The van der Waals surface area contributed by atoms with Crippen molar-refractivity contribution in [3.63, 3.8) is 0 Å². The summed E-state index contributed by atoms with van der Waals surface area (Å²) in [5.74, 6) is -0.590. The summed E-state index contributed by atoms with van der Waals surface area (Å²) in [6, 6.07) is 9.82. The minimum Gasteiger partial charge on any atom is -0.497 e. The summed E-state index contributed by atoms with van der Waals surface area (Å²) < 4.78 is 22.7. The lowest BCUT2D eigenvalue weighted by molar-refractivity contribution is -0.258. The van der Waals surface area contributed by atoms with Crippen LogP contribution in [0.3, 0.4) is 0 Å². The van der Waals surface area contributed by atoms with Crippen molar-refractivity contribution in [1.82, 2.24) is 0 Å². The van der Waals surface area contributed by atoms with E-state index in [0.717, 1.165) is 0 Å². The average Bonchev–Trinajstić information content (AvgIpc) is 3.13. The Hall–Kier alpha value is -2.81. The first-order valence-corrected chi connectivity index (χ1v) is 9.05. The number of aliphatic imine (C=N–C) groups is 1. The van der Waals surface area contributed by atoms with Gasteiger partial charge in [-0.25, -0.2) is 4.99 Å². The topological polar surface area (TPSA) is 123 Å². The summed E-state index contributed by atoms with van der Waals surface area (Å²) in [6.07, 6.45) is 0. The standard InChI is InChI=1S/C20H24N4O4/c1-6-27-20(28-7-2)19(12-22)17(3,18(19,11-21)16(23)24-20)14-10-13(25-4)8-9-15(14)26-5/h8-10H,6-7H2,1-5H3,(H2,23,24)/t17-,18+,19-/m1/s1. The van der Waals surface area contributed by atoms with Crippen molar-refractivity contribution < 1.29 is 18.9 Å². The van der Waals surface area contributed by atoms with Gasteiger partial charge in [-0.15, -0.1) is 0 Å². The molecule has 1 saturated carbocycles. The lowest BCUT2D eigenvalue weighted by Gasteiger charge is -2.34. The Labute approximate surface area is 164 Å². The molecule has 0 amide bonds. The number of benzene rings is 1. The van der Waals surface area contributed by atoms with Gasteiger partial charge in [0.05, 0.1) is 31.8 Å². The molecule has 1 fully saturated rings. The molecule has 0 unspecified atom stereocenters. The van der Waals surface area contributed by atoms with Crippen LogP contribution in [0.4, 0.5) is 0 Å². The van der Waals surface area contributed by atoms with Crippen LogP contribution in [0.15, 0.2) is 23.2 Å². The second-order valence-electron chi connectivity index (χ2n) is 6.86. The van der Waals surface area contributed by atoms with E-state index in [2.05, 4.69) is 17.1 Å². The highest BCUT2D eigenvalue weighted by molar-refractivity contribution is 6.02. The first kappa shape index (κ1) is 19.9. The Morgan fingerprint density at radius 3 is 2.18 bits per heavy atom. The number of fused-ring (bicyclic) bond motifs is 1. The van der Waals surface area contributed by atoms with Crippen LogP contribution in [-0.4, -0.2) is 39.2 Å². The second kappa shape index (κ2) is 6.37.